The normalized spacial score (nSPS) is 11.3. The lowest BCUT2D eigenvalue weighted by Gasteiger charge is -2.30. The molecule has 1 nitrogen and oxygen atoms in total. The summed E-state index contributed by atoms with van der Waals surface area (Å²) in [6.07, 6.45) is 0. The van der Waals surface area contributed by atoms with E-state index >= 15 is 0 Å². The maximum atomic E-state index is 2.48. The van der Waals surface area contributed by atoms with Crippen molar-refractivity contribution in [1.29, 1.82) is 0 Å². The Morgan fingerprint density at radius 2 is 0.667 bits per heavy atom. The molecule has 0 saturated carbocycles. The molecule has 10 aromatic rings. The molecule has 0 N–H and O–H groups in total. The van der Waals surface area contributed by atoms with Crippen LogP contribution in [0, 0.1) is 0 Å². The minimum absolute atomic E-state index is 1.10. The highest BCUT2D eigenvalue weighted by Gasteiger charge is 2.25. The predicted octanol–water partition coefficient (Wildman–Crippen LogP) is 15.3. The molecule has 0 amide bonds. The molecule has 0 aliphatic rings. The van der Waals surface area contributed by atoms with Crippen LogP contribution in [0.4, 0.5) is 17.1 Å². The van der Waals surface area contributed by atoms with Crippen LogP contribution in [-0.2, 0) is 0 Å². The van der Waals surface area contributed by atoms with Crippen LogP contribution in [0.3, 0.4) is 0 Å². The van der Waals surface area contributed by atoms with Gasteiger partial charge in [0, 0.05) is 47.9 Å². The van der Waals surface area contributed by atoms with Crippen molar-refractivity contribution in [2.24, 2.45) is 0 Å². The smallest absolute Gasteiger partial charge is 0.0625 e. The fourth-order valence-electron chi connectivity index (χ4n) is 7.87. The minimum Gasteiger partial charge on any atom is -0.309 e. The predicted molar refractivity (Wildman–Crippen MR) is 233 cm³/mol. The lowest BCUT2D eigenvalue weighted by atomic mass is 9.91. The highest BCUT2D eigenvalue weighted by Crippen LogP contribution is 2.53. The molecule has 0 bridgehead atoms. The van der Waals surface area contributed by atoms with Crippen molar-refractivity contribution in [1.82, 2.24) is 0 Å². The summed E-state index contributed by atoms with van der Waals surface area (Å²) in [5, 5.41) is 5.08. The van der Waals surface area contributed by atoms with Crippen molar-refractivity contribution in [3.05, 3.63) is 212 Å². The summed E-state index contributed by atoms with van der Waals surface area (Å²) in [5.74, 6) is 0. The summed E-state index contributed by atoms with van der Waals surface area (Å²) in [6, 6.07) is 77.0. The second-order valence-electron chi connectivity index (χ2n) is 13.7. The van der Waals surface area contributed by atoms with Gasteiger partial charge in [0.25, 0.3) is 0 Å². The molecule has 9 aromatic carbocycles. The van der Waals surface area contributed by atoms with Gasteiger partial charge in [-0.05, 0) is 69.3 Å². The molecule has 54 heavy (non-hydrogen) atoms. The van der Waals surface area contributed by atoms with Gasteiger partial charge in [0.2, 0.25) is 0 Å². The molecule has 0 unspecified atom stereocenters. The highest BCUT2D eigenvalue weighted by atomic mass is 32.1. The Kier molecular flexibility index (Phi) is 8.09. The number of nitrogens with zero attached hydrogens (tertiary/aromatic N) is 1. The molecule has 2 heteroatoms. The van der Waals surface area contributed by atoms with Gasteiger partial charge in [0.05, 0.1) is 5.69 Å². The molecule has 0 radical (unpaired) electrons. The van der Waals surface area contributed by atoms with E-state index < -0.39 is 0 Å². The van der Waals surface area contributed by atoms with E-state index in [4.69, 9.17) is 0 Å². The van der Waals surface area contributed by atoms with E-state index in [1.54, 1.807) is 0 Å². The third-order valence-corrected chi connectivity index (χ3v) is 11.7. The van der Waals surface area contributed by atoms with Crippen molar-refractivity contribution >= 4 is 59.3 Å². The van der Waals surface area contributed by atoms with Crippen LogP contribution >= 0.6 is 11.3 Å². The van der Waals surface area contributed by atoms with Crippen LogP contribution in [0.25, 0.3) is 75.5 Å². The Balaban J connectivity index is 1.21. The molecule has 10 rings (SSSR count). The van der Waals surface area contributed by atoms with Gasteiger partial charge >= 0.3 is 0 Å². The maximum Gasteiger partial charge on any atom is 0.0625 e. The SMILES string of the molecule is c1ccc(-c2ccc(-c3ccc(N(c4ccc(-c5ccccc5)cc4)c4c(-c5ccccc5)c5c6ccccc6sc5c5ccccc45)cc3)cc2)cc1. The number of thiophene rings is 1. The fourth-order valence-corrected chi connectivity index (χ4v) is 9.12. The number of benzene rings is 9. The van der Waals surface area contributed by atoms with Crippen LogP contribution in [0.2, 0.25) is 0 Å². The summed E-state index contributed by atoms with van der Waals surface area (Å²) < 4.78 is 2.62. The second-order valence-corrected chi connectivity index (χ2v) is 14.7. The van der Waals surface area contributed by atoms with E-state index in [0.717, 1.165) is 11.4 Å². The molecule has 0 saturated heterocycles. The number of hydrogen-bond donors (Lipinski definition) is 0. The Morgan fingerprint density at radius 3 is 1.17 bits per heavy atom. The fraction of sp³-hybridized carbons (Fsp3) is 0. The van der Waals surface area contributed by atoms with E-state index in [9.17, 15) is 0 Å². The van der Waals surface area contributed by atoms with Gasteiger partial charge in [0.1, 0.15) is 0 Å². The molecule has 254 valence electrons. The van der Waals surface area contributed by atoms with E-state index in [1.807, 2.05) is 11.3 Å². The molecule has 1 aromatic heterocycles. The average Bonchev–Trinajstić information content (AvgIpc) is 3.65. The Hall–Kier alpha value is -6.74. The van der Waals surface area contributed by atoms with E-state index in [-0.39, 0.29) is 0 Å². The van der Waals surface area contributed by atoms with Crippen LogP contribution < -0.4 is 4.90 Å². The van der Waals surface area contributed by atoms with Gasteiger partial charge in [0.15, 0.2) is 0 Å². The van der Waals surface area contributed by atoms with Gasteiger partial charge in [-0.25, -0.2) is 0 Å². The third-order valence-electron chi connectivity index (χ3n) is 10.5. The van der Waals surface area contributed by atoms with Crippen molar-refractivity contribution in [3.8, 4) is 44.5 Å². The lowest BCUT2D eigenvalue weighted by molar-refractivity contribution is 1.30. The zero-order valence-electron chi connectivity index (χ0n) is 29.6. The maximum absolute atomic E-state index is 2.48. The monoisotopic (exact) mass is 705 g/mol. The van der Waals surface area contributed by atoms with E-state index in [0.29, 0.717) is 0 Å². The third kappa shape index (κ3) is 5.65. The molecular formula is C52H35NS. The zero-order chi connectivity index (χ0) is 35.8. The largest absolute Gasteiger partial charge is 0.309 e. The molecular weight excluding hydrogens is 671 g/mol. The topological polar surface area (TPSA) is 3.24 Å². The molecule has 0 spiro atoms. The van der Waals surface area contributed by atoms with Gasteiger partial charge in [-0.15, -0.1) is 11.3 Å². The van der Waals surface area contributed by atoms with E-state index in [1.165, 1.54) is 81.1 Å². The molecule has 0 aliphatic carbocycles. The molecule has 1 heterocycles. The first-order valence-electron chi connectivity index (χ1n) is 18.4. The number of rotatable bonds is 7. The lowest BCUT2D eigenvalue weighted by Crippen LogP contribution is -2.12. The average molecular weight is 706 g/mol. The van der Waals surface area contributed by atoms with Gasteiger partial charge in [-0.2, -0.15) is 0 Å². The number of anilines is 3. The quantitative estimate of drug-likeness (QED) is 0.160. The summed E-state index contributed by atoms with van der Waals surface area (Å²) in [4.78, 5) is 2.48. The minimum atomic E-state index is 1.10. The summed E-state index contributed by atoms with van der Waals surface area (Å²) >= 11 is 1.89. The van der Waals surface area contributed by atoms with Gasteiger partial charge in [-0.3, -0.25) is 0 Å². The van der Waals surface area contributed by atoms with E-state index in [2.05, 4.69) is 217 Å². The summed E-state index contributed by atoms with van der Waals surface area (Å²) in [5.41, 5.74) is 13.1. The first-order valence-corrected chi connectivity index (χ1v) is 19.2. The summed E-state index contributed by atoms with van der Waals surface area (Å²) in [7, 11) is 0. The van der Waals surface area contributed by atoms with Gasteiger partial charge < -0.3 is 4.90 Å². The number of fused-ring (bicyclic) bond motifs is 5. The van der Waals surface area contributed by atoms with Crippen molar-refractivity contribution < 1.29 is 0 Å². The first-order chi connectivity index (χ1) is 26.8. The van der Waals surface area contributed by atoms with Crippen molar-refractivity contribution in [2.75, 3.05) is 4.90 Å². The Bertz CT molecular complexity index is 2880. The van der Waals surface area contributed by atoms with Gasteiger partial charge in [-0.1, -0.05) is 182 Å². The van der Waals surface area contributed by atoms with Crippen LogP contribution in [-0.4, -0.2) is 0 Å². The van der Waals surface area contributed by atoms with Crippen LogP contribution in [0.1, 0.15) is 0 Å². The highest BCUT2D eigenvalue weighted by molar-refractivity contribution is 7.26. The molecule has 0 atom stereocenters. The standard InChI is InChI=1S/C52H35NS/c1-4-14-36(15-5-1)38-24-26-39(27-25-38)41-30-34-44(35-31-41)53(43-32-28-40(29-33-43)37-16-6-2-7-17-37)51-45-20-10-11-21-46(45)52-50(47-22-12-13-23-48(47)54-52)49(51)42-18-8-3-9-19-42/h1-35H. The first kappa shape index (κ1) is 32.0. The summed E-state index contributed by atoms with van der Waals surface area (Å²) in [6.45, 7) is 0. The van der Waals surface area contributed by atoms with Crippen LogP contribution in [0.15, 0.2) is 212 Å². The van der Waals surface area contributed by atoms with Crippen molar-refractivity contribution in [3.63, 3.8) is 0 Å². The van der Waals surface area contributed by atoms with Crippen molar-refractivity contribution in [2.45, 2.75) is 0 Å². The van der Waals surface area contributed by atoms with Crippen LogP contribution in [0.5, 0.6) is 0 Å². The molecule has 0 fully saturated rings. The Labute approximate surface area is 319 Å². The molecule has 0 aliphatic heterocycles. The Morgan fingerprint density at radius 1 is 0.296 bits per heavy atom. The zero-order valence-corrected chi connectivity index (χ0v) is 30.4. The second kappa shape index (κ2) is 13.7. The number of hydrogen-bond acceptors (Lipinski definition) is 2.